The van der Waals surface area contributed by atoms with Crippen molar-refractivity contribution in [3.8, 4) is 0 Å². The monoisotopic (exact) mass is 244 g/mol. The first-order valence-electron chi connectivity index (χ1n) is 3.56. The van der Waals surface area contributed by atoms with Crippen LogP contribution in [0.25, 0.3) is 0 Å². The average molecular weight is 245 g/mol. The Balaban J connectivity index is 3.26. The number of ether oxygens (including phenoxy) is 1. The SMILES string of the molecule is COC(=O)c1ncc(Br)c(N)c1C. The fraction of sp³-hybridized carbons (Fsp3) is 0.250. The molecule has 2 N–H and O–H groups in total. The Labute approximate surface area is 84.2 Å². The number of aromatic nitrogens is 1. The molecule has 4 nitrogen and oxygen atoms in total. The highest BCUT2D eigenvalue weighted by atomic mass is 79.9. The predicted molar refractivity (Wildman–Crippen MR) is 52.4 cm³/mol. The van der Waals surface area contributed by atoms with Gasteiger partial charge in [-0.25, -0.2) is 9.78 Å². The van der Waals surface area contributed by atoms with Gasteiger partial charge in [0.25, 0.3) is 0 Å². The summed E-state index contributed by atoms with van der Waals surface area (Å²) < 4.78 is 5.22. The van der Waals surface area contributed by atoms with Crippen molar-refractivity contribution in [3.05, 3.63) is 21.9 Å². The minimum Gasteiger partial charge on any atom is -0.464 e. The molecular formula is C8H9BrN2O2. The van der Waals surface area contributed by atoms with Crippen molar-refractivity contribution in [2.75, 3.05) is 12.8 Å². The van der Waals surface area contributed by atoms with E-state index in [0.717, 1.165) is 0 Å². The number of carbonyl (C=O) groups is 1. The van der Waals surface area contributed by atoms with E-state index in [4.69, 9.17) is 5.73 Å². The second-order valence-electron chi connectivity index (χ2n) is 2.49. The van der Waals surface area contributed by atoms with Gasteiger partial charge in [-0.1, -0.05) is 0 Å². The number of hydrogen-bond donors (Lipinski definition) is 1. The lowest BCUT2D eigenvalue weighted by Crippen LogP contribution is -2.08. The Morgan fingerprint density at radius 1 is 1.69 bits per heavy atom. The normalized spacial score (nSPS) is 9.77. The number of carbonyl (C=O) groups excluding carboxylic acids is 1. The standard InChI is InChI=1S/C8H9BrN2O2/c1-4-6(10)5(9)3-11-7(4)8(12)13-2/h3H,1-2H3,(H2,10,11). The molecule has 1 aromatic rings. The molecule has 0 aliphatic heterocycles. The third-order valence-corrected chi connectivity index (χ3v) is 2.33. The van der Waals surface area contributed by atoms with Crippen LogP contribution in [0, 0.1) is 6.92 Å². The smallest absolute Gasteiger partial charge is 0.356 e. The second kappa shape index (κ2) is 3.74. The molecule has 0 radical (unpaired) electrons. The fourth-order valence-electron chi connectivity index (χ4n) is 0.897. The highest BCUT2D eigenvalue weighted by Gasteiger charge is 2.14. The average Bonchev–Trinajstić information content (AvgIpc) is 2.13. The molecule has 0 spiro atoms. The summed E-state index contributed by atoms with van der Waals surface area (Å²) in [5.74, 6) is -0.475. The predicted octanol–water partition coefficient (Wildman–Crippen LogP) is 1.52. The fourth-order valence-corrected chi connectivity index (χ4v) is 1.30. The van der Waals surface area contributed by atoms with Crippen molar-refractivity contribution in [1.82, 2.24) is 4.98 Å². The van der Waals surface area contributed by atoms with Crippen molar-refractivity contribution < 1.29 is 9.53 Å². The molecule has 1 rings (SSSR count). The van der Waals surface area contributed by atoms with Gasteiger partial charge in [0.1, 0.15) is 0 Å². The van der Waals surface area contributed by atoms with E-state index in [-0.39, 0.29) is 5.69 Å². The summed E-state index contributed by atoms with van der Waals surface area (Å²) in [6, 6.07) is 0. The highest BCUT2D eigenvalue weighted by molar-refractivity contribution is 9.10. The van der Waals surface area contributed by atoms with E-state index in [1.165, 1.54) is 13.3 Å². The maximum atomic E-state index is 11.1. The topological polar surface area (TPSA) is 65.2 Å². The summed E-state index contributed by atoms with van der Waals surface area (Å²) in [6.07, 6.45) is 1.48. The first kappa shape index (κ1) is 9.98. The van der Waals surface area contributed by atoms with Crippen LogP contribution in [-0.4, -0.2) is 18.1 Å². The largest absolute Gasteiger partial charge is 0.464 e. The number of nitrogens with zero attached hydrogens (tertiary/aromatic N) is 1. The first-order chi connectivity index (χ1) is 6.07. The van der Waals surface area contributed by atoms with Crippen molar-refractivity contribution >= 4 is 27.6 Å². The number of nitrogen functional groups attached to an aromatic ring is 1. The van der Waals surface area contributed by atoms with Crippen molar-refractivity contribution in [2.45, 2.75) is 6.92 Å². The minimum atomic E-state index is -0.475. The summed E-state index contributed by atoms with van der Waals surface area (Å²) in [7, 11) is 1.31. The molecule has 0 aliphatic rings. The van der Waals surface area contributed by atoms with Gasteiger partial charge in [0.05, 0.1) is 17.3 Å². The third-order valence-electron chi connectivity index (χ3n) is 1.70. The molecule has 13 heavy (non-hydrogen) atoms. The maximum absolute atomic E-state index is 11.1. The summed E-state index contributed by atoms with van der Waals surface area (Å²) in [5.41, 5.74) is 7.07. The zero-order valence-electron chi connectivity index (χ0n) is 7.30. The molecule has 0 fully saturated rings. The van der Waals surface area contributed by atoms with Gasteiger partial charge in [0.15, 0.2) is 5.69 Å². The lowest BCUT2D eigenvalue weighted by molar-refractivity contribution is 0.0593. The first-order valence-corrected chi connectivity index (χ1v) is 4.36. The van der Waals surface area contributed by atoms with E-state index in [1.54, 1.807) is 6.92 Å². The molecule has 0 aromatic carbocycles. The van der Waals surface area contributed by atoms with Crippen LogP contribution in [0.4, 0.5) is 5.69 Å². The van der Waals surface area contributed by atoms with E-state index in [0.29, 0.717) is 15.7 Å². The molecule has 0 bridgehead atoms. The van der Waals surface area contributed by atoms with Crippen LogP contribution in [0.3, 0.4) is 0 Å². The molecule has 0 saturated carbocycles. The summed E-state index contributed by atoms with van der Waals surface area (Å²) >= 11 is 3.21. The molecule has 5 heteroatoms. The Bertz CT molecular complexity index is 352. The van der Waals surface area contributed by atoms with Gasteiger partial charge in [-0.2, -0.15) is 0 Å². The maximum Gasteiger partial charge on any atom is 0.356 e. The van der Waals surface area contributed by atoms with Gasteiger partial charge in [-0.05, 0) is 22.9 Å². The van der Waals surface area contributed by atoms with Gasteiger partial charge in [-0.3, -0.25) is 0 Å². The number of methoxy groups -OCH3 is 1. The molecule has 70 valence electrons. The van der Waals surface area contributed by atoms with Gasteiger partial charge in [0, 0.05) is 11.8 Å². The number of halogens is 1. The summed E-state index contributed by atoms with van der Waals surface area (Å²) in [5, 5.41) is 0. The van der Waals surface area contributed by atoms with Crippen LogP contribution in [0.5, 0.6) is 0 Å². The van der Waals surface area contributed by atoms with Crippen molar-refractivity contribution in [1.29, 1.82) is 0 Å². The van der Waals surface area contributed by atoms with E-state index in [9.17, 15) is 4.79 Å². The van der Waals surface area contributed by atoms with Gasteiger partial charge < -0.3 is 10.5 Å². The van der Waals surface area contributed by atoms with E-state index in [1.807, 2.05) is 0 Å². The van der Waals surface area contributed by atoms with Crippen molar-refractivity contribution in [3.63, 3.8) is 0 Å². The van der Waals surface area contributed by atoms with Crippen LogP contribution >= 0.6 is 15.9 Å². The second-order valence-corrected chi connectivity index (χ2v) is 3.34. The highest BCUT2D eigenvalue weighted by Crippen LogP contribution is 2.23. The summed E-state index contributed by atoms with van der Waals surface area (Å²) in [6.45, 7) is 1.72. The van der Waals surface area contributed by atoms with Gasteiger partial charge in [0.2, 0.25) is 0 Å². The van der Waals surface area contributed by atoms with E-state index < -0.39 is 5.97 Å². The lowest BCUT2D eigenvalue weighted by Gasteiger charge is -2.06. The molecule has 1 aromatic heterocycles. The molecule has 0 aliphatic carbocycles. The number of nitrogens with two attached hydrogens (primary N) is 1. The van der Waals surface area contributed by atoms with Crippen LogP contribution in [0.15, 0.2) is 10.7 Å². The van der Waals surface area contributed by atoms with Gasteiger partial charge in [-0.15, -0.1) is 0 Å². The Morgan fingerprint density at radius 3 is 2.85 bits per heavy atom. The quantitative estimate of drug-likeness (QED) is 0.762. The van der Waals surface area contributed by atoms with Crippen LogP contribution in [0.1, 0.15) is 16.1 Å². The van der Waals surface area contributed by atoms with E-state index in [2.05, 4.69) is 25.7 Å². The van der Waals surface area contributed by atoms with E-state index >= 15 is 0 Å². The Kier molecular flexibility index (Phi) is 2.87. The molecule has 0 amide bonds. The number of hydrogen-bond acceptors (Lipinski definition) is 4. The number of anilines is 1. The molecule has 0 unspecified atom stereocenters. The van der Waals surface area contributed by atoms with Crippen LogP contribution < -0.4 is 5.73 Å². The zero-order chi connectivity index (χ0) is 10.0. The zero-order valence-corrected chi connectivity index (χ0v) is 8.88. The molecular weight excluding hydrogens is 236 g/mol. The van der Waals surface area contributed by atoms with Crippen molar-refractivity contribution in [2.24, 2.45) is 0 Å². The number of esters is 1. The van der Waals surface area contributed by atoms with Crippen LogP contribution in [-0.2, 0) is 4.74 Å². The third kappa shape index (κ3) is 1.80. The Morgan fingerprint density at radius 2 is 2.31 bits per heavy atom. The molecule has 0 saturated heterocycles. The minimum absolute atomic E-state index is 0.253. The Hall–Kier alpha value is -1.10. The van der Waals surface area contributed by atoms with Crippen LogP contribution in [0.2, 0.25) is 0 Å². The number of pyridine rings is 1. The van der Waals surface area contributed by atoms with Gasteiger partial charge >= 0.3 is 5.97 Å². The number of rotatable bonds is 1. The lowest BCUT2D eigenvalue weighted by atomic mass is 10.2. The summed E-state index contributed by atoms with van der Waals surface area (Å²) in [4.78, 5) is 15.1. The molecule has 0 atom stereocenters. The molecule has 1 heterocycles.